The lowest BCUT2D eigenvalue weighted by Gasteiger charge is -2.43. The highest BCUT2D eigenvalue weighted by atomic mass is 16.6. The number of nitrogens with zero attached hydrogens (tertiary/aromatic N) is 1. The van der Waals surface area contributed by atoms with Crippen molar-refractivity contribution in [3.8, 4) is 0 Å². The number of carboxylic acids is 1. The van der Waals surface area contributed by atoms with Gasteiger partial charge < -0.3 is 9.84 Å². The molecule has 0 aromatic heterocycles. The van der Waals surface area contributed by atoms with Crippen LogP contribution in [0.2, 0.25) is 0 Å². The Morgan fingerprint density at radius 3 is 2.39 bits per heavy atom. The van der Waals surface area contributed by atoms with Crippen LogP contribution in [-0.2, 0) is 14.9 Å². The van der Waals surface area contributed by atoms with E-state index in [0.29, 0.717) is 19.4 Å². The summed E-state index contributed by atoms with van der Waals surface area (Å²) in [7, 11) is 0. The zero-order chi connectivity index (χ0) is 17.3. The predicted molar refractivity (Wildman–Crippen MR) is 87.4 cm³/mol. The third-order valence-corrected chi connectivity index (χ3v) is 4.31. The quantitative estimate of drug-likeness (QED) is 0.907. The van der Waals surface area contributed by atoms with Crippen LogP contribution >= 0.6 is 0 Å². The summed E-state index contributed by atoms with van der Waals surface area (Å²) >= 11 is 0. The minimum Gasteiger partial charge on any atom is -0.480 e. The Labute approximate surface area is 137 Å². The molecule has 5 heteroatoms. The molecule has 2 rings (SSSR count). The number of carbonyl (C=O) groups is 2. The molecule has 0 spiro atoms. The van der Waals surface area contributed by atoms with E-state index < -0.39 is 23.7 Å². The van der Waals surface area contributed by atoms with E-state index in [2.05, 4.69) is 6.92 Å². The molecule has 1 fully saturated rings. The van der Waals surface area contributed by atoms with E-state index in [9.17, 15) is 14.7 Å². The number of piperidine rings is 1. The van der Waals surface area contributed by atoms with Crippen LogP contribution in [-0.4, -0.2) is 40.3 Å². The first-order chi connectivity index (χ1) is 10.6. The van der Waals surface area contributed by atoms with Crippen molar-refractivity contribution in [1.29, 1.82) is 0 Å². The molecule has 0 bridgehead atoms. The van der Waals surface area contributed by atoms with E-state index in [1.165, 1.54) is 4.90 Å². The Hall–Kier alpha value is -2.04. The van der Waals surface area contributed by atoms with Gasteiger partial charge in [-0.3, -0.25) is 4.90 Å². The molecule has 1 saturated heterocycles. The highest BCUT2D eigenvalue weighted by Crippen LogP contribution is 2.38. The van der Waals surface area contributed by atoms with Crippen LogP contribution in [0.1, 0.15) is 46.1 Å². The molecule has 2 atom stereocenters. The van der Waals surface area contributed by atoms with Gasteiger partial charge in [0.05, 0.1) is 0 Å². The Morgan fingerprint density at radius 2 is 1.87 bits per heavy atom. The maximum Gasteiger partial charge on any atom is 0.411 e. The molecular weight excluding hydrogens is 294 g/mol. The lowest BCUT2D eigenvalue weighted by Crippen LogP contribution is -2.54. The van der Waals surface area contributed by atoms with E-state index in [0.717, 1.165) is 5.56 Å². The second kappa shape index (κ2) is 6.22. The van der Waals surface area contributed by atoms with Crippen molar-refractivity contribution in [3.63, 3.8) is 0 Å². The van der Waals surface area contributed by atoms with Gasteiger partial charge in [0.15, 0.2) is 0 Å². The average molecular weight is 319 g/mol. The van der Waals surface area contributed by atoms with Crippen LogP contribution in [0.4, 0.5) is 4.79 Å². The smallest absolute Gasteiger partial charge is 0.411 e. The van der Waals surface area contributed by atoms with Gasteiger partial charge in [-0.25, -0.2) is 9.59 Å². The molecule has 1 aliphatic rings. The Kier molecular flexibility index (Phi) is 4.68. The summed E-state index contributed by atoms with van der Waals surface area (Å²) in [6.07, 6.45) is 0.533. The standard InChI is InChI=1S/C18H25NO4/c1-17(2,3)23-16(22)19-11-10-18(4,12-14(19)15(20)21)13-8-6-5-7-9-13/h5-9,14H,10-12H2,1-4H3,(H,20,21)/t14-,18+/m0/s1. The number of likely N-dealkylation sites (tertiary alicyclic amines) is 1. The Morgan fingerprint density at radius 1 is 1.26 bits per heavy atom. The van der Waals surface area contributed by atoms with Crippen molar-refractivity contribution >= 4 is 12.1 Å². The third-order valence-electron chi connectivity index (χ3n) is 4.31. The van der Waals surface area contributed by atoms with Crippen molar-refractivity contribution in [2.75, 3.05) is 6.54 Å². The molecule has 5 nitrogen and oxygen atoms in total. The fourth-order valence-corrected chi connectivity index (χ4v) is 3.02. The van der Waals surface area contributed by atoms with Crippen molar-refractivity contribution in [3.05, 3.63) is 35.9 Å². The van der Waals surface area contributed by atoms with Crippen LogP contribution in [0.15, 0.2) is 30.3 Å². The normalized spacial score (nSPS) is 25.0. The Balaban J connectivity index is 2.21. The second-order valence-corrected chi connectivity index (χ2v) is 7.41. The first kappa shape index (κ1) is 17.3. The predicted octanol–water partition coefficient (Wildman–Crippen LogP) is 3.43. The zero-order valence-electron chi connectivity index (χ0n) is 14.2. The van der Waals surface area contributed by atoms with Gasteiger partial charge in [-0.2, -0.15) is 0 Å². The van der Waals surface area contributed by atoms with Crippen LogP contribution in [0.3, 0.4) is 0 Å². The van der Waals surface area contributed by atoms with Crippen molar-refractivity contribution < 1.29 is 19.4 Å². The maximum atomic E-state index is 12.3. The molecule has 0 saturated carbocycles. The highest BCUT2D eigenvalue weighted by molar-refractivity contribution is 5.80. The Bertz CT molecular complexity index is 578. The molecule has 1 heterocycles. The number of aliphatic carboxylic acids is 1. The zero-order valence-corrected chi connectivity index (χ0v) is 14.2. The summed E-state index contributed by atoms with van der Waals surface area (Å²) in [6.45, 7) is 7.76. The van der Waals surface area contributed by atoms with Crippen LogP contribution in [0, 0.1) is 0 Å². The molecule has 0 unspecified atom stereocenters. The van der Waals surface area contributed by atoms with Gasteiger partial charge in [0.2, 0.25) is 0 Å². The van der Waals surface area contributed by atoms with Crippen LogP contribution < -0.4 is 0 Å². The lowest BCUT2D eigenvalue weighted by atomic mass is 9.72. The summed E-state index contributed by atoms with van der Waals surface area (Å²) in [5.74, 6) is -0.988. The van der Waals surface area contributed by atoms with Crippen molar-refractivity contribution in [2.24, 2.45) is 0 Å². The van der Waals surface area contributed by atoms with E-state index in [4.69, 9.17) is 4.74 Å². The van der Waals surface area contributed by atoms with Gasteiger partial charge in [0.1, 0.15) is 11.6 Å². The fraction of sp³-hybridized carbons (Fsp3) is 0.556. The van der Waals surface area contributed by atoms with Gasteiger partial charge in [-0.15, -0.1) is 0 Å². The lowest BCUT2D eigenvalue weighted by molar-refractivity contribution is -0.145. The molecule has 0 radical (unpaired) electrons. The SMILES string of the molecule is CC(C)(C)OC(=O)N1CC[C@@](C)(c2ccccc2)C[C@H]1C(=O)O. The number of hydrogen-bond donors (Lipinski definition) is 1. The number of amides is 1. The first-order valence-electron chi connectivity index (χ1n) is 7.90. The minimum absolute atomic E-state index is 0.261. The highest BCUT2D eigenvalue weighted by Gasteiger charge is 2.44. The average Bonchev–Trinajstić information content (AvgIpc) is 2.46. The molecular formula is C18H25NO4. The van der Waals surface area contributed by atoms with Gasteiger partial charge >= 0.3 is 12.1 Å². The van der Waals surface area contributed by atoms with Gasteiger partial charge in [-0.1, -0.05) is 37.3 Å². The summed E-state index contributed by atoms with van der Waals surface area (Å²) in [4.78, 5) is 25.4. The van der Waals surface area contributed by atoms with Gasteiger partial charge in [0, 0.05) is 6.54 Å². The third kappa shape index (κ3) is 4.03. The minimum atomic E-state index is -0.988. The molecule has 0 aliphatic carbocycles. The van der Waals surface area contributed by atoms with Gasteiger partial charge in [0.25, 0.3) is 0 Å². The molecule has 23 heavy (non-hydrogen) atoms. The van der Waals surface area contributed by atoms with Crippen LogP contribution in [0.25, 0.3) is 0 Å². The molecule has 126 valence electrons. The number of rotatable bonds is 2. The first-order valence-corrected chi connectivity index (χ1v) is 7.90. The molecule has 1 aliphatic heterocycles. The van der Waals surface area contributed by atoms with Crippen molar-refractivity contribution in [2.45, 2.75) is 57.6 Å². The summed E-state index contributed by atoms with van der Waals surface area (Å²) in [5, 5.41) is 9.59. The summed E-state index contributed by atoms with van der Waals surface area (Å²) in [5.41, 5.74) is 0.207. The number of carboxylic acid groups (broad SMARTS) is 1. The number of carbonyl (C=O) groups excluding carboxylic acids is 1. The number of ether oxygens (including phenoxy) is 1. The van der Waals surface area contributed by atoms with Crippen molar-refractivity contribution in [1.82, 2.24) is 4.90 Å². The van der Waals surface area contributed by atoms with Crippen LogP contribution in [0.5, 0.6) is 0 Å². The molecule has 1 aromatic carbocycles. The van der Waals surface area contributed by atoms with E-state index in [-0.39, 0.29) is 5.41 Å². The number of benzene rings is 1. The topological polar surface area (TPSA) is 66.8 Å². The molecule has 1 aromatic rings. The molecule has 1 amide bonds. The van der Waals surface area contributed by atoms with Gasteiger partial charge in [-0.05, 0) is 44.6 Å². The second-order valence-electron chi connectivity index (χ2n) is 7.41. The summed E-state index contributed by atoms with van der Waals surface area (Å²) in [6, 6.07) is 9.01. The monoisotopic (exact) mass is 319 g/mol. The van der Waals surface area contributed by atoms with E-state index >= 15 is 0 Å². The maximum absolute atomic E-state index is 12.3. The fourth-order valence-electron chi connectivity index (χ4n) is 3.02. The number of hydrogen-bond acceptors (Lipinski definition) is 3. The molecule has 1 N–H and O–H groups in total. The summed E-state index contributed by atoms with van der Waals surface area (Å²) < 4.78 is 5.36. The largest absolute Gasteiger partial charge is 0.480 e. The van der Waals surface area contributed by atoms with E-state index in [1.807, 2.05) is 30.3 Å². The van der Waals surface area contributed by atoms with E-state index in [1.54, 1.807) is 20.8 Å².